The Morgan fingerprint density at radius 3 is 2.70 bits per heavy atom. The molecule has 1 aliphatic rings. The number of ether oxygens (including phenoxy) is 2. The molecule has 0 amide bonds. The maximum absolute atomic E-state index is 10.6. The number of hydrogen-bond donors (Lipinski definition) is 2. The zero-order valence-corrected chi connectivity index (χ0v) is 12.6. The molecule has 2 rings (SSSR count). The van der Waals surface area contributed by atoms with Gasteiger partial charge in [0, 0.05) is 6.04 Å². The maximum atomic E-state index is 10.6. The van der Waals surface area contributed by atoms with Crippen LogP contribution in [0.2, 0.25) is 0 Å². The van der Waals surface area contributed by atoms with Gasteiger partial charge in [-0.2, -0.15) is 0 Å². The highest BCUT2D eigenvalue weighted by Crippen LogP contribution is 2.33. The van der Waals surface area contributed by atoms with E-state index < -0.39 is 6.10 Å². The number of methoxy groups -OCH3 is 2. The normalized spacial score (nSPS) is 24.2. The summed E-state index contributed by atoms with van der Waals surface area (Å²) in [4.78, 5) is 0. The quantitative estimate of drug-likeness (QED) is 0.869. The van der Waals surface area contributed by atoms with Gasteiger partial charge < -0.3 is 19.9 Å². The van der Waals surface area contributed by atoms with Gasteiger partial charge in [0.2, 0.25) is 0 Å². The van der Waals surface area contributed by atoms with Gasteiger partial charge in [-0.1, -0.05) is 19.4 Å². The Labute approximate surface area is 121 Å². The summed E-state index contributed by atoms with van der Waals surface area (Å²) < 4.78 is 10.5. The molecule has 20 heavy (non-hydrogen) atoms. The molecule has 4 nitrogen and oxygen atoms in total. The highest BCUT2D eigenvalue weighted by molar-refractivity contribution is 5.43. The van der Waals surface area contributed by atoms with Gasteiger partial charge >= 0.3 is 0 Å². The van der Waals surface area contributed by atoms with Gasteiger partial charge in [0.1, 0.15) is 0 Å². The summed E-state index contributed by atoms with van der Waals surface area (Å²) in [6.45, 7) is 3.20. The summed E-state index contributed by atoms with van der Waals surface area (Å²) in [5.74, 6) is 2.05. The lowest BCUT2D eigenvalue weighted by Crippen LogP contribution is -2.42. The van der Waals surface area contributed by atoms with Crippen molar-refractivity contribution < 1.29 is 14.6 Å². The Morgan fingerprint density at radius 2 is 2.05 bits per heavy atom. The van der Waals surface area contributed by atoms with E-state index in [9.17, 15) is 5.11 Å². The SMILES string of the molecule is CCC1CCNC(C(O)c2ccc(OC)c(OC)c2)C1. The van der Waals surface area contributed by atoms with E-state index in [1.807, 2.05) is 18.2 Å². The van der Waals surface area contributed by atoms with Crippen molar-refractivity contribution in [2.45, 2.75) is 38.3 Å². The molecular formula is C16H25NO3. The van der Waals surface area contributed by atoms with Crippen molar-refractivity contribution in [3.8, 4) is 11.5 Å². The lowest BCUT2D eigenvalue weighted by Gasteiger charge is -2.33. The number of piperidine rings is 1. The molecule has 4 heteroatoms. The Morgan fingerprint density at radius 1 is 1.30 bits per heavy atom. The van der Waals surface area contributed by atoms with Gasteiger partial charge in [-0.05, 0) is 43.0 Å². The van der Waals surface area contributed by atoms with E-state index in [1.165, 1.54) is 12.8 Å². The number of hydrogen-bond acceptors (Lipinski definition) is 4. The average Bonchev–Trinajstić information content (AvgIpc) is 2.53. The van der Waals surface area contributed by atoms with Crippen molar-refractivity contribution in [2.75, 3.05) is 20.8 Å². The molecule has 3 atom stereocenters. The molecule has 1 aromatic rings. The third-order valence-electron chi connectivity index (χ3n) is 4.25. The summed E-state index contributed by atoms with van der Waals surface area (Å²) in [7, 11) is 3.22. The van der Waals surface area contributed by atoms with Crippen molar-refractivity contribution in [3.05, 3.63) is 23.8 Å². The minimum Gasteiger partial charge on any atom is -0.493 e. The van der Waals surface area contributed by atoms with Crippen molar-refractivity contribution in [1.82, 2.24) is 5.32 Å². The minimum atomic E-state index is -0.510. The van der Waals surface area contributed by atoms with Crippen LogP contribution in [0.25, 0.3) is 0 Å². The summed E-state index contributed by atoms with van der Waals surface area (Å²) >= 11 is 0. The Bertz CT molecular complexity index is 436. The van der Waals surface area contributed by atoms with Gasteiger partial charge in [0.15, 0.2) is 11.5 Å². The molecular weight excluding hydrogens is 254 g/mol. The molecule has 1 aromatic carbocycles. The van der Waals surface area contributed by atoms with E-state index >= 15 is 0 Å². The second-order valence-corrected chi connectivity index (χ2v) is 5.42. The number of rotatable bonds is 5. The van der Waals surface area contributed by atoms with Crippen LogP contribution in [-0.4, -0.2) is 31.9 Å². The molecule has 2 N–H and O–H groups in total. The van der Waals surface area contributed by atoms with Crippen molar-refractivity contribution >= 4 is 0 Å². The third kappa shape index (κ3) is 3.25. The van der Waals surface area contributed by atoms with Crippen LogP contribution in [0.4, 0.5) is 0 Å². The highest BCUT2D eigenvalue weighted by atomic mass is 16.5. The van der Waals surface area contributed by atoms with Crippen LogP contribution in [0.3, 0.4) is 0 Å². The molecule has 1 fully saturated rings. The molecule has 1 saturated heterocycles. The molecule has 3 unspecified atom stereocenters. The Balaban J connectivity index is 2.13. The molecule has 0 saturated carbocycles. The molecule has 1 aliphatic heterocycles. The number of nitrogens with one attached hydrogen (secondary N) is 1. The number of benzene rings is 1. The first-order valence-corrected chi connectivity index (χ1v) is 7.33. The van der Waals surface area contributed by atoms with E-state index in [0.29, 0.717) is 17.4 Å². The Kier molecular flexibility index (Phi) is 5.26. The van der Waals surface area contributed by atoms with Crippen molar-refractivity contribution in [3.63, 3.8) is 0 Å². The predicted octanol–water partition coefficient (Wildman–Crippen LogP) is 2.52. The topological polar surface area (TPSA) is 50.7 Å². The largest absolute Gasteiger partial charge is 0.493 e. The molecule has 112 valence electrons. The molecule has 0 aromatic heterocycles. The monoisotopic (exact) mass is 279 g/mol. The van der Waals surface area contributed by atoms with E-state index in [4.69, 9.17) is 9.47 Å². The van der Waals surface area contributed by atoms with Crippen LogP contribution in [0, 0.1) is 5.92 Å². The standard InChI is InChI=1S/C16H25NO3/c1-4-11-7-8-17-13(9-11)16(18)12-5-6-14(19-2)15(10-12)20-3/h5-6,10-11,13,16-18H,4,7-9H2,1-3H3. The van der Waals surface area contributed by atoms with Crippen LogP contribution in [0.5, 0.6) is 11.5 Å². The number of aliphatic hydroxyl groups excluding tert-OH is 1. The molecule has 0 bridgehead atoms. The first-order valence-electron chi connectivity index (χ1n) is 7.33. The van der Waals surface area contributed by atoms with Crippen LogP contribution in [-0.2, 0) is 0 Å². The second-order valence-electron chi connectivity index (χ2n) is 5.42. The van der Waals surface area contributed by atoms with E-state index in [0.717, 1.165) is 18.5 Å². The zero-order valence-electron chi connectivity index (χ0n) is 12.6. The van der Waals surface area contributed by atoms with Crippen molar-refractivity contribution in [1.29, 1.82) is 0 Å². The van der Waals surface area contributed by atoms with E-state index in [1.54, 1.807) is 14.2 Å². The fourth-order valence-electron chi connectivity index (χ4n) is 2.91. The fraction of sp³-hybridized carbons (Fsp3) is 0.625. The lowest BCUT2D eigenvalue weighted by atomic mass is 9.86. The fourth-order valence-corrected chi connectivity index (χ4v) is 2.91. The van der Waals surface area contributed by atoms with Crippen molar-refractivity contribution in [2.24, 2.45) is 5.92 Å². The predicted molar refractivity (Wildman–Crippen MR) is 79.3 cm³/mol. The van der Waals surface area contributed by atoms with Gasteiger partial charge in [0.25, 0.3) is 0 Å². The van der Waals surface area contributed by atoms with E-state index in [-0.39, 0.29) is 6.04 Å². The van der Waals surface area contributed by atoms with Gasteiger partial charge in [-0.3, -0.25) is 0 Å². The van der Waals surface area contributed by atoms with Gasteiger partial charge in [-0.15, -0.1) is 0 Å². The van der Waals surface area contributed by atoms with E-state index in [2.05, 4.69) is 12.2 Å². The average molecular weight is 279 g/mol. The minimum absolute atomic E-state index is 0.117. The van der Waals surface area contributed by atoms with Gasteiger partial charge in [-0.25, -0.2) is 0 Å². The summed E-state index contributed by atoms with van der Waals surface area (Å²) in [5, 5.41) is 14.0. The third-order valence-corrected chi connectivity index (χ3v) is 4.25. The maximum Gasteiger partial charge on any atom is 0.161 e. The molecule has 0 spiro atoms. The first kappa shape index (κ1) is 15.1. The molecule has 0 aliphatic carbocycles. The molecule has 1 heterocycles. The van der Waals surface area contributed by atoms with Crippen LogP contribution in [0.1, 0.15) is 37.9 Å². The van der Waals surface area contributed by atoms with Crippen LogP contribution in [0.15, 0.2) is 18.2 Å². The highest BCUT2D eigenvalue weighted by Gasteiger charge is 2.27. The van der Waals surface area contributed by atoms with Crippen LogP contribution < -0.4 is 14.8 Å². The number of aliphatic hydroxyl groups is 1. The summed E-state index contributed by atoms with van der Waals surface area (Å²) in [6.07, 6.45) is 2.89. The summed E-state index contributed by atoms with van der Waals surface area (Å²) in [6, 6.07) is 5.73. The van der Waals surface area contributed by atoms with Gasteiger partial charge in [0.05, 0.1) is 20.3 Å². The Hall–Kier alpha value is -1.26. The second kappa shape index (κ2) is 6.95. The first-order chi connectivity index (χ1) is 9.69. The molecule has 0 radical (unpaired) electrons. The lowest BCUT2D eigenvalue weighted by molar-refractivity contribution is 0.0976. The summed E-state index contributed by atoms with van der Waals surface area (Å²) in [5.41, 5.74) is 0.872. The smallest absolute Gasteiger partial charge is 0.161 e. The zero-order chi connectivity index (χ0) is 14.5. The van der Waals surface area contributed by atoms with Crippen LogP contribution >= 0.6 is 0 Å².